The Kier molecular flexibility index (Phi) is 5.73. The zero-order valence-electron chi connectivity index (χ0n) is 14.0. The standard InChI is InChI=1S/C20H23F2NO/c1-14(2)17-6-10-19(11-7-17)23-13-12-16-4-8-18(9-5-16)20(21,22)15(3)24/h4-11,15,23-24H,1,12-13H2,2-3H3. The van der Waals surface area contributed by atoms with Gasteiger partial charge in [0, 0.05) is 17.8 Å². The lowest BCUT2D eigenvalue weighted by Gasteiger charge is -2.19. The van der Waals surface area contributed by atoms with Crippen LogP contribution < -0.4 is 5.32 Å². The van der Waals surface area contributed by atoms with E-state index in [2.05, 4.69) is 11.9 Å². The molecule has 0 amide bonds. The highest BCUT2D eigenvalue weighted by atomic mass is 19.3. The number of alkyl halides is 2. The lowest BCUT2D eigenvalue weighted by Crippen LogP contribution is -2.27. The second-order valence-electron chi connectivity index (χ2n) is 6.03. The highest BCUT2D eigenvalue weighted by Gasteiger charge is 2.37. The fourth-order valence-electron chi connectivity index (χ4n) is 2.36. The zero-order valence-corrected chi connectivity index (χ0v) is 14.0. The van der Waals surface area contributed by atoms with Crippen molar-refractivity contribution < 1.29 is 13.9 Å². The average Bonchev–Trinajstić information content (AvgIpc) is 2.55. The maximum Gasteiger partial charge on any atom is 0.298 e. The van der Waals surface area contributed by atoms with E-state index in [9.17, 15) is 8.78 Å². The van der Waals surface area contributed by atoms with Gasteiger partial charge < -0.3 is 10.4 Å². The fraction of sp³-hybridized carbons (Fsp3) is 0.300. The van der Waals surface area contributed by atoms with Crippen molar-refractivity contribution in [1.29, 1.82) is 0 Å². The summed E-state index contributed by atoms with van der Waals surface area (Å²) < 4.78 is 27.4. The molecular formula is C20H23F2NO. The summed E-state index contributed by atoms with van der Waals surface area (Å²) in [6.45, 7) is 7.67. The number of benzene rings is 2. The molecule has 128 valence electrons. The van der Waals surface area contributed by atoms with Crippen LogP contribution >= 0.6 is 0 Å². The first-order valence-electron chi connectivity index (χ1n) is 7.96. The molecule has 0 aromatic heterocycles. The summed E-state index contributed by atoms with van der Waals surface area (Å²) in [5.41, 5.74) is 3.94. The van der Waals surface area contributed by atoms with Crippen molar-refractivity contribution in [2.75, 3.05) is 11.9 Å². The number of hydrogen-bond donors (Lipinski definition) is 2. The van der Waals surface area contributed by atoms with Gasteiger partial charge in [0.15, 0.2) is 0 Å². The maximum absolute atomic E-state index is 13.7. The molecule has 1 atom stereocenters. The third kappa shape index (κ3) is 4.42. The van der Waals surface area contributed by atoms with Crippen LogP contribution in [-0.2, 0) is 12.3 Å². The van der Waals surface area contributed by atoms with E-state index in [0.29, 0.717) is 6.54 Å². The van der Waals surface area contributed by atoms with Crippen LogP contribution in [0.3, 0.4) is 0 Å². The molecule has 0 saturated heterocycles. The lowest BCUT2D eigenvalue weighted by atomic mass is 10.0. The smallest absolute Gasteiger partial charge is 0.298 e. The normalized spacial score (nSPS) is 12.7. The Bertz CT molecular complexity index is 676. The molecule has 4 heteroatoms. The Hall–Kier alpha value is -2.20. The van der Waals surface area contributed by atoms with Crippen LogP contribution in [0.2, 0.25) is 0 Å². The van der Waals surface area contributed by atoms with Gasteiger partial charge in [-0.05, 0) is 43.5 Å². The van der Waals surface area contributed by atoms with Gasteiger partial charge in [0.2, 0.25) is 0 Å². The van der Waals surface area contributed by atoms with Crippen molar-refractivity contribution in [3.05, 3.63) is 71.8 Å². The summed E-state index contributed by atoms with van der Waals surface area (Å²) in [5, 5.41) is 12.5. The predicted octanol–water partition coefficient (Wildman–Crippen LogP) is 4.85. The summed E-state index contributed by atoms with van der Waals surface area (Å²) in [5.74, 6) is -3.22. The molecule has 2 aromatic rings. The molecule has 0 aliphatic rings. The number of allylic oxidation sites excluding steroid dienone is 1. The van der Waals surface area contributed by atoms with Crippen molar-refractivity contribution in [3.63, 3.8) is 0 Å². The zero-order chi connectivity index (χ0) is 17.7. The van der Waals surface area contributed by atoms with E-state index >= 15 is 0 Å². The van der Waals surface area contributed by atoms with Gasteiger partial charge in [-0.1, -0.05) is 48.6 Å². The highest BCUT2D eigenvalue weighted by Crippen LogP contribution is 2.31. The first-order chi connectivity index (χ1) is 11.3. The van der Waals surface area contributed by atoms with Crippen LogP contribution in [0.15, 0.2) is 55.1 Å². The Balaban J connectivity index is 1.90. The maximum atomic E-state index is 13.7. The monoisotopic (exact) mass is 331 g/mol. The molecule has 0 heterocycles. The van der Waals surface area contributed by atoms with Crippen LogP contribution in [0.4, 0.5) is 14.5 Å². The Morgan fingerprint density at radius 1 is 1.12 bits per heavy atom. The topological polar surface area (TPSA) is 32.3 Å². The van der Waals surface area contributed by atoms with Gasteiger partial charge >= 0.3 is 0 Å². The highest BCUT2D eigenvalue weighted by molar-refractivity contribution is 5.63. The van der Waals surface area contributed by atoms with Gasteiger partial charge in [-0.25, -0.2) is 0 Å². The first-order valence-corrected chi connectivity index (χ1v) is 7.96. The van der Waals surface area contributed by atoms with Crippen molar-refractivity contribution in [2.24, 2.45) is 0 Å². The number of hydrogen-bond acceptors (Lipinski definition) is 2. The minimum atomic E-state index is -3.22. The van der Waals surface area contributed by atoms with Gasteiger partial charge in [-0.3, -0.25) is 0 Å². The van der Waals surface area contributed by atoms with E-state index in [1.807, 2.05) is 31.2 Å². The lowest BCUT2D eigenvalue weighted by molar-refractivity contribution is -0.106. The quantitative estimate of drug-likeness (QED) is 0.760. The number of rotatable bonds is 7. The molecule has 0 aliphatic heterocycles. The summed E-state index contributed by atoms with van der Waals surface area (Å²) in [4.78, 5) is 0. The van der Waals surface area contributed by atoms with E-state index < -0.39 is 12.0 Å². The van der Waals surface area contributed by atoms with Crippen molar-refractivity contribution in [2.45, 2.75) is 32.3 Å². The molecule has 2 N–H and O–H groups in total. The van der Waals surface area contributed by atoms with Gasteiger partial charge in [0.1, 0.15) is 6.10 Å². The minimum Gasteiger partial charge on any atom is -0.387 e. The SMILES string of the molecule is C=C(C)c1ccc(NCCc2ccc(C(F)(F)C(C)O)cc2)cc1. The van der Waals surface area contributed by atoms with E-state index in [-0.39, 0.29) is 5.56 Å². The molecule has 2 nitrogen and oxygen atoms in total. The van der Waals surface area contributed by atoms with Crippen molar-refractivity contribution >= 4 is 11.3 Å². The van der Waals surface area contributed by atoms with Gasteiger partial charge in [-0.15, -0.1) is 0 Å². The first kappa shape index (κ1) is 18.1. The number of halogens is 2. The number of nitrogens with one attached hydrogen (secondary N) is 1. The predicted molar refractivity (Wildman–Crippen MR) is 95.4 cm³/mol. The summed E-state index contributed by atoms with van der Waals surface area (Å²) in [6, 6.07) is 14.1. The number of anilines is 1. The third-order valence-corrected chi connectivity index (χ3v) is 3.98. The minimum absolute atomic E-state index is 0.162. The van der Waals surface area contributed by atoms with Crippen molar-refractivity contribution in [3.8, 4) is 0 Å². The molecule has 0 saturated carbocycles. The molecule has 0 fully saturated rings. The van der Waals surface area contributed by atoms with Gasteiger partial charge in [0.05, 0.1) is 0 Å². The van der Waals surface area contributed by atoms with Crippen LogP contribution in [0.25, 0.3) is 5.57 Å². The largest absolute Gasteiger partial charge is 0.387 e. The molecule has 0 bridgehead atoms. The molecular weight excluding hydrogens is 308 g/mol. The summed E-state index contributed by atoms with van der Waals surface area (Å²) >= 11 is 0. The van der Waals surface area contributed by atoms with E-state index in [4.69, 9.17) is 5.11 Å². The molecule has 24 heavy (non-hydrogen) atoms. The summed E-state index contributed by atoms with van der Waals surface area (Å²) in [7, 11) is 0. The Morgan fingerprint density at radius 2 is 1.71 bits per heavy atom. The van der Waals surface area contributed by atoms with Gasteiger partial charge in [0.25, 0.3) is 5.92 Å². The van der Waals surface area contributed by atoms with Gasteiger partial charge in [-0.2, -0.15) is 8.78 Å². The van der Waals surface area contributed by atoms with Crippen LogP contribution in [-0.4, -0.2) is 17.8 Å². The van der Waals surface area contributed by atoms with E-state index in [0.717, 1.165) is 35.7 Å². The van der Waals surface area contributed by atoms with Crippen LogP contribution in [0.1, 0.15) is 30.5 Å². The molecule has 0 radical (unpaired) electrons. The molecule has 0 spiro atoms. The molecule has 2 rings (SSSR count). The van der Waals surface area contributed by atoms with Crippen LogP contribution in [0.5, 0.6) is 0 Å². The molecule has 2 aromatic carbocycles. The second-order valence-corrected chi connectivity index (χ2v) is 6.03. The third-order valence-electron chi connectivity index (χ3n) is 3.98. The Morgan fingerprint density at radius 3 is 2.21 bits per heavy atom. The fourth-order valence-corrected chi connectivity index (χ4v) is 2.36. The second kappa shape index (κ2) is 7.58. The van der Waals surface area contributed by atoms with Crippen molar-refractivity contribution in [1.82, 2.24) is 0 Å². The summed E-state index contributed by atoms with van der Waals surface area (Å²) in [6.07, 6.45) is -0.977. The molecule has 1 unspecified atom stereocenters. The average molecular weight is 331 g/mol. The number of aliphatic hydroxyl groups is 1. The van der Waals surface area contributed by atoms with E-state index in [1.165, 1.54) is 12.1 Å². The van der Waals surface area contributed by atoms with E-state index in [1.54, 1.807) is 12.1 Å². The Labute approximate surface area is 141 Å². The van der Waals surface area contributed by atoms with Crippen LogP contribution in [0, 0.1) is 0 Å². The molecule has 0 aliphatic carbocycles. The number of aliphatic hydroxyl groups excluding tert-OH is 1.